The molecular weight excluding hydrogens is 256 g/mol. The summed E-state index contributed by atoms with van der Waals surface area (Å²) in [5.41, 5.74) is 1.26. The molecule has 0 spiro atoms. The number of hydrogen-bond acceptors (Lipinski definition) is 4. The molecule has 1 aromatic rings. The molecule has 2 heterocycles. The van der Waals surface area contributed by atoms with Gasteiger partial charge >= 0.3 is 0 Å². The van der Waals surface area contributed by atoms with Crippen LogP contribution < -0.4 is 0 Å². The van der Waals surface area contributed by atoms with Crippen molar-refractivity contribution in [3.8, 4) is 0 Å². The van der Waals surface area contributed by atoms with E-state index in [1.165, 1.54) is 5.56 Å². The van der Waals surface area contributed by atoms with Crippen LogP contribution in [0.5, 0.6) is 0 Å². The van der Waals surface area contributed by atoms with Crippen molar-refractivity contribution in [2.45, 2.75) is 31.8 Å². The van der Waals surface area contributed by atoms with Crippen LogP contribution in [0.3, 0.4) is 0 Å². The van der Waals surface area contributed by atoms with Gasteiger partial charge in [0.2, 0.25) is 0 Å². The average Bonchev–Trinajstić information content (AvgIpc) is 2.85. The van der Waals surface area contributed by atoms with Crippen molar-refractivity contribution in [1.82, 2.24) is 0 Å². The first-order chi connectivity index (χ1) is 8.05. The third-order valence-corrected chi connectivity index (χ3v) is 5.85. The predicted molar refractivity (Wildman–Crippen MR) is 70.0 cm³/mol. The fourth-order valence-corrected chi connectivity index (χ4v) is 4.91. The van der Waals surface area contributed by atoms with Crippen LogP contribution >= 0.6 is 11.3 Å². The van der Waals surface area contributed by atoms with Crippen LogP contribution in [0.1, 0.15) is 24.8 Å². The molecule has 5 heteroatoms. The molecule has 0 amide bonds. The lowest BCUT2D eigenvalue weighted by Crippen LogP contribution is -2.15. The van der Waals surface area contributed by atoms with Gasteiger partial charge in [0.05, 0.1) is 17.6 Å². The fourth-order valence-electron chi connectivity index (χ4n) is 2.33. The molecule has 2 unspecified atom stereocenters. The number of aliphatic hydroxyl groups excluding tert-OH is 1. The van der Waals surface area contributed by atoms with E-state index in [2.05, 4.69) is 11.4 Å². The van der Waals surface area contributed by atoms with Gasteiger partial charge in [-0.3, -0.25) is 0 Å². The molecule has 17 heavy (non-hydrogen) atoms. The van der Waals surface area contributed by atoms with Gasteiger partial charge in [-0.2, -0.15) is 11.3 Å². The van der Waals surface area contributed by atoms with Crippen LogP contribution in [0.25, 0.3) is 0 Å². The first-order valence-corrected chi connectivity index (χ1v) is 8.71. The second-order valence-electron chi connectivity index (χ2n) is 4.83. The van der Waals surface area contributed by atoms with E-state index >= 15 is 0 Å². The fraction of sp³-hybridized carbons (Fsp3) is 0.667. The van der Waals surface area contributed by atoms with E-state index < -0.39 is 9.84 Å². The van der Waals surface area contributed by atoms with Gasteiger partial charge in [-0.1, -0.05) is 0 Å². The summed E-state index contributed by atoms with van der Waals surface area (Å²) in [4.78, 5) is 0. The maximum Gasteiger partial charge on any atom is 0.150 e. The van der Waals surface area contributed by atoms with Gasteiger partial charge in [0, 0.05) is 0 Å². The zero-order valence-electron chi connectivity index (χ0n) is 9.71. The van der Waals surface area contributed by atoms with Gasteiger partial charge in [-0.15, -0.1) is 0 Å². The van der Waals surface area contributed by atoms with E-state index in [-0.39, 0.29) is 17.8 Å². The van der Waals surface area contributed by atoms with E-state index in [1.807, 2.05) is 5.38 Å². The second-order valence-corrected chi connectivity index (χ2v) is 7.84. The lowest BCUT2D eigenvalue weighted by Gasteiger charge is -2.13. The number of aliphatic hydroxyl groups is 1. The first kappa shape index (κ1) is 13.1. The first-order valence-electron chi connectivity index (χ1n) is 5.95. The van der Waals surface area contributed by atoms with Gasteiger partial charge in [0.1, 0.15) is 0 Å². The quantitative estimate of drug-likeness (QED) is 0.891. The molecule has 0 bridgehead atoms. The Bertz CT molecular complexity index is 436. The van der Waals surface area contributed by atoms with Crippen molar-refractivity contribution in [2.75, 3.05) is 11.5 Å². The van der Waals surface area contributed by atoms with Crippen LogP contribution in [0.4, 0.5) is 0 Å². The normalized spacial score (nSPS) is 24.9. The van der Waals surface area contributed by atoms with Crippen LogP contribution in [0, 0.1) is 5.92 Å². The Kier molecular flexibility index (Phi) is 4.22. The molecule has 0 aliphatic carbocycles. The van der Waals surface area contributed by atoms with Gasteiger partial charge < -0.3 is 5.11 Å². The van der Waals surface area contributed by atoms with Crippen LogP contribution in [-0.2, 0) is 16.3 Å². The molecule has 0 aromatic carbocycles. The highest BCUT2D eigenvalue weighted by molar-refractivity contribution is 7.91. The number of hydrogen-bond donors (Lipinski definition) is 1. The van der Waals surface area contributed by atoms with Crippen LogP contribution in [0.15, 0.2) is 16.8 Å². The summed E-state index contributed by atoms with van der Waals surface area (Å²) in [7, 11) is -2.81. The highest BCUT2D eigenvalue weighted by atomic mass is 32.2. The predicted octanol–water partition coefficient (Wildman–Crippen LogP) is 1.87. The maximum atomic E-state index is 11.3. The second kappa shape index (κ2) is 5.50. The molecule has 2 rings (SSSR count). The summed E-state index contributed by atoms with van der Waals surface area (Å²) in [6, 6.07) is 2.07. The lowest BCUT2D eigenvalue weighted by atomic mass is 9.97. The highest BCUT2D eigenvalue weighted by Gasteiger charge is 2.29. The zero-order valence-corrected chi connectivity index (χ0v) is 11.3. The van der Waals surface area contributed by atoms with Crippen molar-refractivity contribution in [3.63, 3.8) is 0 Å². The Morgan fingerprint density at radius 2 is 2.35 bits per heavy atom. The lowest BCUT2D eigenvalue weighted by molar-refractivity contribution is 0.137. The molecule has 1 N–H and O–H groups in total. The molecular formula is C12H18O3S2. The van der Waals surface area contributed by atoms with E-state index in [0.29, 0.717) is 12.2 Å². The topological polar surface area (TPSA) is 54.4 Å². The minimum atomic E-state index is -2.81. The van der Waals surface area contributed by atoms with E-state index in [1.54, 1.807) is 11.3 Å². The standard InChI is InChI=1S/C12H18O3S2/c13-12(2-1-10-3-5-16-8-10)7-11-4-6-17(14,15)9-11/h3,5,8,11-13H,1-2,4,6-7,9H2. The molecule has 0 radical (unpaired) electrons. The highest BCUT2D eigenvalue weighted by Crippen LogP contribution is 2.24. The molecule has 1 aliphatic rings. The van der Waals surface area contributed by atoms with Gasteiger partial charge in [-0.25, -0.2) is 8.42 Å². The summed E-state index contributed by atoms with van der Waals surface area (Å²) in [5, 5.41) is 14.0. The smallest absolute Gasteiger partial charge is 0.150 e. The Balaban J connectivity index is 1.73. The molecule has 96 valence electrons. The number of sulfone groups is 1. The molecule has 1 saturated heterocycles. The largest absolute Gasteiger partial charge is 0.393 e. The summed E-state index contributed by atoms with van der Waals surface area (Å²) in [6.07, 6.45) is 2.59. The molecule has 0 saturated carbocycles. The van der Waals surface area contributed by atoms with Crippen molar-refractivity contribution in [1.29, 1.82) is 0 Å². The summed E-state index contributed by atoms with van der Waals surface area (Å²) in [5.74, 6) is 0.731. The third kappa shape index (κ3) is 4.08. The van der Waals surface area contributed by atoms with E-state index in [4.69, 9.17) is 0 Å². The molecule has 2 atom stereocenters. The Hall–Kier alpha value is -0.390. The van der Waals surface area contributed by atoms with Gasteiger partial charge in [0.15, 0.2) is 9.84 Å². The maximum absolute atomic E-state index is 11.3. The van der Waals surface area contributed by atoms with Gasteiger partial charge in [0.25, 0.3) is 0 Å². The number of rotatable bonds is 5. The number of thiophene rings is 1. The van der Waals surface area contributed by atoms with Crippen LogP contribution in [-0.4, -0.2) is 31.1 Å². The van der Waals surface area contributed by atoms with Crippen molar-refractivity contribution >= 4 is 21.2 Å². The Morgan fingerprint density at radius 1 is 1.53 bits per heavy atom. The Morgan fingerprint density at radius 3 is 2.94 bits per heavy atom. The molecule has 1 fully saturated rings. The zero-order chi connectivity index (χ0) is 12.3. The summed E-state index contributed by atoms with van der Waals surface area (Å²) >= 11 is 1.66. The monoisotopic (exact) mass is 274 g/mol. The summed E-state index contributed by atoms with van der Waals surface area (Å²) in [6.45, 7) is 0. The Labute approximate surface area is 106 Å². The third-order valence-electron chi connectivity index (χ3n) is 3.28. The number of aryl methyl sites for hydroxylation is 1. The van der Waals surface area contributed by atoms with Crippen molar-refractivity contribution < 1.29 is 13.5 Å². The van der Waals surface area contributed by atoms with Crippen LogP contribution in [0.2, 0.25) is 0 Å². The average molecular weight is 274 g/mol. The summed E-state index contributed by atoms with van der Waals surface area (Å²) < 4.78 is 22.6. The minimum absolute atomic E-state index is 0.164. The van der Waals surface area contributed by atoms with E-state index in [9.17, 15) is 13.5 Å². The van der Waals surface area contributed by atoms with Crippen molar-refractivity contribution in [2.24, 2.45) is 5.92 Å². The molecule has 1 aliphatic heterocycles. The van der Waals surface area contributed by atoms with Gasteiger partial charge in [-0.05, 0) is 54.0 Å². The van der Waals surface area contributed by atoms with Crippen molar-refractivity contribution in [3.05, 3.63) is 22.4 Å². The molecule has 1 aromatic heterocycles. The van der Waals surface area contributed by atoms with E-state index in [0.717, 1.165) is 19.3 Å². The molecule has 3 nitrogen and oxygen atoms in total. The minimum Gasteiger partial charge on any atom is -0.393 e. The SMILES string of the molecule is O=S1(=O)CCC(CC(O)CCc2ccsc2)C1.